The molecule has 130 valence electrons. The largest absolute Gasteiger partial charge is 0.466 e. The summed E-state index contributed by atoms with van der Waals surface area (Å²) in [6.45, 7) is 0.404. The first kappa shape index (κ1) is 18.2. The molecule has 0 N–H and O–H groups in total. The van der Waals surface area contributed by atoms with Crippen LogP contribution in [0.4, 0.5) is 0 Å². The van der Waals surface area contributed by atoms with Crippen molar-refractivity contribution in [3.63, 3.8) is 0 Å². The topological polar surface area (TPSA) is 71.1 Å². The molecule has 0 bridgehead atoms. The quantitative estimate of drug-likeness (QED) is 0.561. The first-order valence-electron chi connectivity index (χ1n) is 7.67. The zero-order valence-corrected chi connectivity index (χ0v) is 14.2. The van der Waals surface area contributed by atoms with Gasteiger partial charge in [0.05, 0.1) is 32.0 Å². The van der Waals surface area contributed by atoms with Crippen molar-refractivity contribution >= 4 is 11.9 Å². The highest BCUT2D eigenvalue weighted by Gasteiger charge is 2.45. The molecule has 0 aliphatic heterocycles. The SMILES string of the molecule is COC(=O)C1=C(C(=O)OC)CC(OC)(OCCc2ccccc2)C1. The molecule has 1 aliphatic rings. The van der Waals surface area contributed by atoms with Gasteiger partial charge in [-0.25, -0.2) is 9.59 Å². The Morgan fingerprint density at radius 2 is 1.50 bits per heavy atom. The molecule has 0 fully saturated rings. The number of benzene rings is 1. The van der Waals surface area contributed by atoms with E-state index in [-0.39, 0.29) is 24.0 Å². The number of methoxy groups -OCH3 is 3. The first-order chi connectivity index (χ1) is 11.5. The molecule has 1 aromatic carbocycles. The lowest BCUT2D eigenvalue weighted by Crippen LogP contribution is -2.34. The number of hydrogen-bond donors (Lipinski definition) is 0. The fourth-order valence-electron chi connectivity index (χ4n) is 2.76. The lowest BCUT2D eigenvalue weighted by atomic mass is 10.1. The fraction of sp³-hybridized carbons (Fsp3) is 0.444. The third-order valence-electron chi connectivity index (χ3n) is 4.09. The van der Waals surface area contributed by atoms with Crippen LogP contribution >= 0.6 is 0 Å². The lowest BCUT2D eigenvalue weighted by molar-refractivity contribution is -0.215. The molecular formula is C18H22O6. The van der Waals surface area contributed by atoms with Crippen LogP contribution in [0.3, 0.4) is 0 Å². The van der Waals surface area contributed by atoms with E-state index in [1.165, 1.54) is 21.3 Å². The third-order valence-corrected chi connectivity index (χ3v) is 4.09. The van der Waals surface area contributed by atoms with Gasteiger partial charge < -0.3 is 18.9 Å². The van der Waals surface area contributed by atoms with Gasteiger partial charge in [-0.1, -0.05) is 30.3 Å². The summed E-state index contributed by atoms with van der Waals surface area (Å²) in [6, 6.07) is 9.89. The summed E-state index contributed by atoms with van der Waals surface area (Å²) in [5.74, 6) is -2.19. The molecule has 6 nitrogen and oxygen atoms in total. The maximum absolute atomic E-state index is 11.9. The second kappa shape index (κ2) is 8.08. The van der Waals surface area contributed by atoms with Gasteiger partial charge in [0.25, 0.3) is 0 Å². The van der Waals surface area contributed by atoms with E-state index in [1.807, 2.05) is 30.3 Å². The lowest BCUT2D eigenvalue weighted by Gasteiger charge is -2.28. The molecule has 0 unspecified atom stereocenters. The van der Waals surface area contributed by atoms with Crippen molar-refractivity contribution in [1.29, 1.82) is 0 Å². The Hall–Kier alpha value is -2.18. The van der Waals surface area contributed by atoms with Gasteiger partial charge in [0.1, 0.15) is 0 Å². The van der Waals surface area contributed by atoms with E-state index < -0.39 is 17.7 Å². The third kappa shape index (κ3) is 4.01. The van der Waals surface area contributed by atoms with Gasteiger partial charge in [-0.05, 0) is 12.0 Å². The molecule has 0 atom stereocenters. The average Bonchev–Trinajstić information content (AvgIpc) is 3.02. The zero-order valence-electron chi connectivity index (χ0n) is 14.2. The van der Waals surface area contributed by atoms with Gasteiger partial charge in [0.15, 0.2) is 5.79 Å². The normalized spacial score (nSPS) is 16.1. The highest BCUT2D eigenvalue weighted by atomic mass is 16.7. The Labute approximate surface area is 141 Å². The van der Waals surface area contributed by atoms with Gasteiger partial charge in [0.2, 0.25) is 0 Å². The molecular weight excluding hydrogens is 312 g/mol. The summed E-state index contributed by atoms with van der Waals surface area (Å²) in [5, 5.41) is 0. The Morgan fingerprint density at radius 1 is 0.958 bits per heavy atom. The van der Waals surface area contributed by atoms with Crippen molar-refractivity contribution < 1.29 is 28.5 Å². The monoisotopic (exact) mass is 334 g/mol. The van der Waals surface area contributed by atoms with Gasteiger partial charge in [-0.2, -0.15) is 0 Å². The minimum Gasteiger partial charge on any atom is -0.466 e. The summed E-state index contributed by atoms with van der Waals surface area (Å²) in [5.41, 5.74) is 1.62. The molecule has 0 spiro atoms. The van der Waals surface area contributed by atoms with Crippen LogP contribution in [0, 0.1) is 0 Å². The van der Waals surface area contributed by atoms with E-state index in [0.29, 0.717) is 13.0 Å². The summed E-state index contributed by atoms with van der Waals surface area (Å²) >= 11 is 0. The van der Waals surface area contributed by atoms with E-state index in [0.717, 1.165) is 5.56 Å². The summed E-state index contributed by atoms with van der Waals surface area (Å²) < 4.78 is 20.9. The van der Waals surface area contributed by atoms with Crippen molar-refractivity contribution in [1.82, 2.24) is 0 Å². The molecule has 24 heavy (non-hydrogen) atoms. The van der Waals surface area contributed by atoms with Gasteiger partial charge in [0, 0.05) is 20.0 Å². The van der Waals surface area contributed by atoms with Gasteiger partial charge in [-0.15, -0.1) is 0 Å². The van der Waals surface area contributed by atoms with Crippen molar-refractivity contribution in [2.75, 3.05) is 27.9 Å². The van der Waals surface area contributed by atoms with Crippen molar-refractivity contribution in [2.45, 2.75) is 25.0 Å². The number of esters is 2. The molecule has 0 radical (unpaired) electrons. The van der Waals surface area contributed by atoms with Crippen LogP contribution in [-0.2, 0) is 35.0 Å². The maximum Gasteiger partial charge on any atom is 0.334 e. The summed E-state index contributed by atoms with van der Waals surface area (Å²) in [7, 11) is 4.04. The first-order valence-corrected chi connectivity index (χ1v) is 7.67. The molecule has 0 aromatic heterocycles. The number of carbonyl (C=O) groups excluding carboxylic acids is 2. The van der Waals surface area contributed by atoms with Crippen molar-refractivity contribution in [3.05, 3.63) is 47.0 Å². The minimum atomic E-state index is -1.05. The Balaban J connectivity index is 2.08. The molecule has 0 heterocycles. The van der Waals surface area contributed by atoms with Crippen LogP contribution in [0.2, 0.25) is 0 Å². The van der Waals surface area contributed by atoms with E-state index in [1.54, 1.807) is 0 Å². The highest BCUT2D eigenvalue weighted by Crippen LogP contribution is 2.39. The molecule has 0 saturated heterocycles. The van der Waals surface area contributed by atoms with Crippen molar-refractivity contribution in [3.8, 4) is 0 Å². The molecule has 6 heteroatoms. The highest BCUT2D eigenvalue weighted by molar-refractivity contribution is 6.01. The van der Waals surface area contributed by atoms with Gasteiger partial charge in [-0.3, -0.25) is 0 Å². The van der Waals surface area contributed by atoms with Crippen molar-refractivity contribution in [2.24, 2.45) is 0 Å². The van der Waals surface area contributed by atoms with Crippen LogP contribution in [-0.4, -0.2) is 45.7 Å². The van der Waals surface area contributed by atoms with Gasteiger partial charge >= 0.3 is 11.9 Å². The minimum absolute atomic E-state index is 0.148. The fourth-order valence-corrected chi connectivity index (χ4v) is 2.76. The molecule has 1 aliphatic carbocycles. The number of ether oxygens (including phenoxy) is 4. The second-order valence-electron chi connectivity index (χ2n) is 5.49. The maximum atomic E-state index is 11.9. The van der Waals surface area contributed by atoms with Crippen LogP contribution in [0.1, 0.15) is 18.4 Å². The Morgan fingerprint density at radius 3 is 1.96 bits per heavy atom. The summed E-state index contributed by atoms with van der Waals surface area (Å²) in [4.78, 5) is 23.9. The standard InChI is InChI=1S/C18H22O6/c1-21-16(19)14-11-18(23-3,12-15(14)17(20)22-2)24-10-9-13-7-5-4-6-8-13/h4-8H,9-12H2,1-3H3. The molecule has 0 amide bonds. The van der Waals surface area contributed by atoms with Crippen LogP contribution in [0.5, 0.6) is 0 Å². The smallest absolute Gasteiger partial charge is 0.334 e. The Bertz CT molecular complexity index is 592. The van der Waals surface area contributed by atoms with E-state index in [4.69, 9.17) is 18.9 Å². The van der Waals surface area contributed by atoms with Crippen LogP contribution < -0.4 is 0 Å². The van der Waals surface area contributed by atoms with E-state index >= 15 is 0 Å². The second-order valence-corrected chi connectivity index (χ2v) is 5.49. The van der Waals surface area contributed by atoms with Crippen LogP contribution in [0.15, 0.2) is 41.5 Å². The molecule has 0 saturated carbocycles. The van der Waals surface area contributed by atoms with E-state index in [2.05, 4.69) is 0 Å². The predicted molar refractivity (Wildman–Crippen MR) is 86.1 cm³/mol. The van der Waals surface area contributed by atoms with Crippen LogP contribution in [0.25, 0.3) is 0 Å². The summed E-state index contributed by atoms with van der Waals surface area (Å²) in [6.07, 6.45) is 0.998. The molecule has 1 aromatic rings. The number of carbonyl (C=O) groups is 2. The Kier molecular flexibility index (Phi) is 6.11. The zero-order chi connectivity index (χ0) is 17.6. The van der Waals surface area contributed by atoms with E-state index in [9.17, 15) is 9.59 Å². The number of hydrogen-bond acceptors (Lipinski definition) is 6. The number of rotatable bonds is 7. The molecule has 2 rings (SSSR count). The average molecular weight is 334 g/mol. The predicted octanol–water partition coefficient (Wildman–Crippen LogP) is 2.02.